The maximum atomic E-state index is 10.8. The number of hydrogen-bond acceptors (Lipinski definition) is 4. The Kier molecular flexibility index (Phi) is 5.41. The van der Waals surface area contributed by atoms with Crippen LogP contribution in [0.2, 0.25) is 0 Å². The van der Waals surface area contributed by atoms with E-state index in [1.54, 1.807) is 0 Å². The van der Waals surface area contributed by atoms with E-state index in [1.165, 1.54) is 19.4 Å². The summed E-state index contributed by atoms with van der Waals surface area (Å²) in [5, 5.41) is 7.13. The predicted octanol–water partition coefficient (Wildman–Crippen LogP) is -0.475. The molecule has 5 heteroatoms. The van der Waals surface area contributed by atoms with E-state index >= 15 is 0 Å². The van der Waals surface area contributed by atoms with Crippen molar-refractivity contribution in [3.63, 3.8) is 0 Å². The number of nitrogens with one attached hydrogen (secondary N) is 2. The van der Waals surface area contributed by atoms with Crippen molar-refractivity contribution in [2.24, 2.45) is 11.7 Å². The Balaban J connectivity index is 1.59. The fraction of sp³-hybridized carbons (Fsp3) is 0.923. The van der Waals surface area contributed by atoms with Gasteiger partial charge in [-0.15, -0.1) is 0 Å². The molecular formula is C13H26N4O. The summed E-state index contributed by atoms with van der Waals surface area (Å²) < 4.78 is 0. The maximum absolute atomic E-state index is 10.8. The van der Waals surface area contributed by atoms with E-state index in [9.17, 15) is 4.79 Å². The molecule has 4 N–H and O–H groups in total. The van der Waals surface area contributed by atoms with Gasteiger partial charge in [-0.2, -0.15) is 0 Å². The van der Waals surface area contributed by atoms with Gasteiger partial charge in [-0.3, -0.25) is 9.69 Å². The zero-order chi connectivity index (χ0) is 12.8. The van der Waals surface area contributed by atoms with Crippen molar-refractivity contribution in [1.29, 1.82) is 0 Å². The second kappa shape index (κ2) is 7.07. The van der Waals surface area contributed by atoms with E-state index in [0.29, 0.717) is 12.6 Å². The Morgan fingerprint density at radius 2 is 2.11 bits per heavy atom. The Labute approximate surface area is 109 Å². The summed E-state index contributed by atoms with van der Waals surface area (Å²) in [5.41, 5.74) is 5.21. The normalized spacial score (nSPS) is 27.2. The van der Waals surface area contributed by atoms with Crippen LogP contribution < -0.4 is 16.4 Å². The molecule has 0 saturated carbocycles. The maximum Gasteiger partial charge on any atom is 0.231 e. The average molecular weight is 254 g/mol. The summed E-state index contributed by atoms with van der Waals surface area (Å²) >= 11 is 0. The smallest absolute Gasteiger partial charge is 0.231 e. The Morgan fingerprint density at radius 1 is 1.33 bits per heavy atom. The zero-order valence-corrected chi connectivity index (χ0v) is 11.2. The monoisotopic (exact) mass is 254 g/mol. The van der Waals surface area contributed by atoms with Crippen LogP contribution in [0.1, 0.15) is 25.7 Å². The number of nitrogens with two attached hydrogens (primary N) is 1. The fourth-order valence-electron chi connectivity index (χ4n) is 2.95. The highest BCUT2D eigenvalue weighted by atomic mass is 16.1. The molecule has 0 aromatic carbocycles. The van der Waals surface area contributed by atoms with E-state index in [-0.39, 0.29) is 5.91 Å². The molecule has 0 spiro atoms. The van der Waals surface area contributed by atoms with Crippen LogP contribution in [0.4, 0.5) is 0 Å². The lowest BCUT2D eigenvalue weighted by molar-refractivity contribution is -0.119. The third kappa shape index (κ3) is 4.55. The number of primary amides is 1. The Morgan fingerprint density at radius 3 is 2.72 bits per heavy atom. The molecule has 0 aromatic rings. The van der Waals surface area contributed by atoms with Crippen LogP contribution >= 0.6 is 0 Å². The van der Waals surface area contributed by atoms with Crippen molar-refractivity contribution in [3.05, 3.63) is 0 Å². The topological polar surface area (TPSA) is 70.4 Å². The van der Waals surface area contributed by atoms with Crippen molar-refractivity contribution in [2.45, 2.75) is 31.7 Å². The lowest BCUT2D eigenvalue weighted by Gasteiger charge is -2.33. The second-order valence-electron chi connectivity index (χ2n) is 5.64. The standard InChI is InChI=1S/C13H26N4O/c14-13(18)10-17-6-3-12(4-7-17)16-9-11-2-1-5-15-8-11/h11-12,15-16H,1-10H2,(H2,14,18). The van der Waals surface area contributed by atoms with E-state index in [2.05, 4.69) is 15.5 Å². The van der Waals surface area contributed by atoms with E-state index in [0.717, 1.165) is 44.9 Å². The molecule has 0 aliphatic carbocycles. The highest BCUT2D eigenvalue weighted by molar-refractivity contribution is 5.75. The molecule has 0 aromatic heterocycles. The van der Waals surface area contributed by atoms with Gasteiger partial charge in [-0.25, -0.2) is 0 Å². The van der Waals surface area contributed by atoms with Gasteiger partial charge in [0, 0.05) is 19.1 Å². The number of amides is 1. The van der Waals surface area contributed by atoms with Gasteiger partial charge in [0.05, 0.1) is 6.54 Å². The van der Waals surface area contributed by atoms with Gasteiger partial charge in [0.1, 0.15) is 0 Å². The van der Waals surface area contributed by atoms with Crippen molar-refractivity contribution < 1.29 is 4.79 Å². The van der Waals surface area contributed by atoms with Crippen molar-refractivity contribution in [3.8, 4) is 0 Å². The molecule has 2 rings (SSSR count). The van der Waals surface area contributed by atoms with E-state index in [4.69, 9.17) is 5.73 Å². The first kappa shape index (κ1) is 13.8. The number of carbonyl (C=O) groups excluding carboxylic acids is 1. The molecular weight excluding hydrogens is 228 g/mol. The van der Waals surface area contributed by atoms with Gasteiger partial charge in [0.15, 0.2) is 0 Å². The minimum Gasteiger partial charge on any atom is -0.369 e. The van der Waals surface area contributed by atoms with Gasteiger partial charge in [0.2, 0.25) is 5.91 Å². The number of nitrogens with zero attached hydrogens (tertiary/aromatic N) is 1. The summed E-state index contributed by atoms with van der Waals surface area (Å²) in [5.74, 6) is 0.581. The van der Waals surface area contributed by atoms with Crippen LogP contribution in [-0.2, 0) is 4.79 Å². The molecule has 2 aliphatic rings. The first-order valence-electron chi connectivity index (χ1n) is 7.19. The zero-order valence-electron chi connectivity index (χ0n) is 11.2. The molecule has 0 bridgehead atoms. The summed E-state index contributed by atoms with van der Waals surface area (Å²) in [4.78, 5) is 13.0. The molecule has 1 unspecified atom stereocenters. The molecule has 104 valence electrons. The molecule has 18 heavy (non-hydrogen) atoms. The SMILES string of the molecule is NC(=O)CN1CCC(NCC2CCCNC2)CC1. The van der Waals surface area contributed by atoms with Gasteiger partial charge in [-0.1, -0.05) is 0 Å². The van der Waals surface area contributed by atoms with E-state index in [1.807, 2.05) is 0 Å². The molecule has 2 aliphatic heterocycles. The summed E-state index contributed by atoms with van der Waals surface area (Å²) in [6, 6.07) is 0.621. The second-order valence-corrected chi connectivity index (χ2v) is 5.64. The first-order valence-corrected chi connectivity index (χ1v) is 7.19. The third-order valence-electron chi connectivity index (χ3n) is 4.06. The number of likely N-dealkylation sites (tertiary alicyclic amines) is 1. The minimum atomic E-state index is -0.213. The Hall–Kier alpha value is -0.650. The van der Waals surface area contributed by atoms with Crippen LogP contribution in [0.3, 0.4) is 0 Å². The van der Waals surface area contributed by atoms with Crippen molar-refractivity contribution in [2.75, 3.05) is 39.3 Å². The molecule has 1 amide bonds. The molecule has 2 saturated heterocycles. The molecule has 2 heterocycles. The summed E-state index contributed by atoms with van der Waals surface area (Å²) in [7, 11) is 0. The van der Waals surface area contributed by atoms with Crippen LogP contribution in [0.5, 0.6) is 0 Å². The van der Waals surface area contributed by atoms with Crippen LogP contribution in [0.15, 0.2) is 0 Å². The highest BCUT2D eigenvalue weighted by Crippen LogP contribution is 2.12. The number of hydrogen-bond donors (Lipinski definition) is 3. The highest BCUT2D eigenvalue weighted by Gasteiger charge is 2.21. The van der Waals surface area contributed by atoms with Crippen LogP contribution in [0.25, 0.3) is 0 Å². The van der Waals surface area contributed by atoms with Gasteiger partial charge < -0.3 is 16.4 Å². The summed E-state index contributed by atoms with van der Waals surface area (Å²) in [6.45, 7) is 5.87. The molecule has 1 atom stereocenters. The fourth-order valence-corrected chi connectivity index (χ4v) is 2.95. The largest absolute Gasteiger partial charge is 0.369 e. The van der Waals surface area contributed by atoms with Crippen LogP contribution in [-0.4, -0.2) is 56.1 Å². The van der Waals surface area contributed by atoms with Gasteiger partial charge >= 0.3 is 0 Å². The van der Waals surface area contributed by atoms with Gasteiger partial charge in [0.25, 0.3) is 0 Å². The number of carbonyl (C=O) groups is 1. The van der Waals surface area contributed by atoms with Gasteiger partial charge in [-0.05, 0) is 51.2 Å². The molecule has 5 nitrogen and oxygen atoms in total. The lowest BCUT2D eigenvalue weighted by Crippen LogP contribution is -2.47. The Bertz CT molecular complexity index is 258. The number of piperidine rings is 2. The van der Waals surface area contributed by atoms with Crippen molar-refractivity contribution >= 4 is 5.91 Å². The van der Waals surface area contributed by atoms with E-state index < -0.39 is 0 Å². The summed E-state index contributed by atoms with van der Waals surface area (Å²) in [6.07, 6.45) is 4.92. The predicted molar refractivity (Wildman–Crippen MR) is 72.3 cm³/mol. The van der Waals surface area contributed by atoms with Crippen LogP contribution in [0, 0.1) is 5.92 Å². The number of rotatable bonds is 5. The quantitative estimate of drug-likeness (QED) is 0.620. The first-order chi connectivity index (χ1) is 8.74. The lowest BCUT2D eigenvalue weighted by atomic mass is 9.98. The third-order valence-corrected chi connectivity index (χ3v) is 4.06. The minimum absolute atomic E-state index is 0.213. The average Bonchev–Trinajstić information content (AvgIpc) is 2.38. The molecule has 0 radical (unpaired) electrons. The molecule has 2 fully saturated rings. The van der Waals surface area contributed by atoms with Crippen molar-refractivity contribution in [1.82, 2.24) is 15.5 Å².